The molecule has 0 rings (SSSR count). The number of aliphatic hydroxyl groups is 1. The van der Waals surface area contributed by atoms with Crippen LogP contribution in [0.2, 0.25) is 0 Å². The minimum atomic E-state index is 0.163. The molecule has 0 amide bonds. The molecule has 0 aliphatic heterocycles. The molecule has 0 atom stereocenters. The Bertz CT molecular complexity index is 58.3. The molecular formula is C8H18O2. The highest BCUT2D eigenvalue weighted by atomic mass is 16.5. The van der Waals surface area contributed by atoms with Crippen LogP contribution in [0.1, 0.15) is 20.8 Å². The fourth-order valence-electron chi connectivity index (χ4n) is 0.310. The molecule has 0 aliphatic rings. The number of ether oxygens (including phenoxy) is 1. The van der Waals surface area contributed by atoms with Gasteiger partial charge in [-0.1, -0.05) is 12.2 Å². The molecule has 0 aromatic heterocycles. The quantitative estimate of drug-likeness (QED) is 0.613. The average Bonchev–Trinajstić information content (AvgIpc) is 1.93. The Morgan fingerprint density at radius 1 is 1.30 bits per heavy atom. The van der Waals surface area contributed by atoms with Crippen molar-refractivity contribution in [1.29, 1.82) is 0 Å². The Hall–Kier alpha value is -0.340. The smallest absolute Gasteiger partial charge is 0.0612 e. The second-order valence-electron chi connectivity index (χ2n) is 1.53. The van der Waals surface area contributed by atoms with Gasteiger partial charge in [-0.3, -0.25) is 0 Å². The van der Waals surface area contributed by atoms with Crippen LogP contribution in [0.4, 0.5) is 0 Å². The molecule has 1 N–H and O–H groups in total. The number of hydrogen-bond acceptors (Lipinski definition) is 2. The van der Waals surface area contributed by atoms with Crippen molar-refractivity contribution in [2.75, 3.05) is 19.8 Å². The Kier molecular flexibility index (Phi) is 19.6. The van der Waals surface area contributed by atoms with E-state index >= 15 is 0 Å². The van der Waals surface area contributed by atoms with E-state index in [2.05, 4.69) is 0 Å². The fraction of sp³-hybridized carbons (Fsp3) is 0.750. The van der Waals surface area contributed by atoms with E-state index < -0.39 is 0 Å². The van der Waals surface area contributed by atoms with E-state index in [0.717, 1.165) is 13.2 Å². The monoisotopic (exact) mass is 146 g/mol. The highest BCUT2D eigenvalue weighted by Crippen LogP contribution is 1.64. The highest BCUT2D eigenvalue weighted by molar-refractivity contribution is 4.74. The zero-order valence-corrected chi connectivity index (χ0v) is 7.13. The Labute approximate surface area is 63.5 Å². The van der Waals surface area contributed by atoms with Crippen LogP contribution in [-0.2, 0) is 4.74 Å². The molecule has 0 saturated heterocycles. The summed E-state index contributed by atoms with van der Waals surface area (Å²) in [7, 11) is 0. The summed E-state index contributed by atoms with van der Waals surface area (Å²) < 4.78 is 4.83. The molecule has 0 unspecified atom stereocenters. The first kappa shape index (κ1) is 12.3. The molecule has 0 fully saturated rings. The third-order valence-corrected chi connectivity index (χ3v) is 0.749. The molecule has 0 aliphatic carbocycles. The second kappa shape index (κ2) is 15.9. The number of hydrogen-bond donors (Lipinski definition) is 1. The molecule has 0 heterocycles. The van der Waals surface area contributed by atoms with Crippen molar-refractivity contribution >= 4 is 0 Å². The maximum Gasteiger partial charge on any atom is 0.0612 e. The molecule has 0 aromatic rings. The predicted molar refractivity (Wildman–Crippen MR) is 44.1 cm³/mol. The minimum Gasteiger partial charge on any atom is -0.392 e. The van der Waals surface area contributed by atoms with E-state index in [-0.39, 0.29) is 6.61 Å². The lowest BCUT2D eigenvalue weighted by atomic mass is 10.6. The molecule has 0 radical (unpaired) electrons. The lowest BCUT2D eigenvalue weighted by Gasteiger charge is -1.86. The SMILES string of the molecule is C/C=C/CO.CCOCC. The van der Waals surface area contributed by atoms with E-state index in [1.807, 2.05) is 20.8 Å². The number of aliphatic hydroxyl groups excluding tert-OH is 1. The molecule has 0 spiro atoms. The molecule has 2 nitrogen and oxygen atoms in total. The Balaban J connectivity index is 0. The maximum absolute atomic E-state index is 7.98. The van der Waals surface area contributed by atoms with Gasteiger partial charge in [-0.2, -0.15) is 0 Å². The van der Waals surface area contributed by atoms with E-state index in [0.29, 0.717) is 0 Å². The van der Waals surface area contributed by atoms with Crippen molar-refractivity contribution < 1.29 is 9.84 Å². The second-order valence-corrected chi connectivity index (χ2v) is 1.53. The van der Waals surface area contributed by atoms with Crippen molar-refractivity contribution in [3.8, 4) is 0 Å². The zero-order chi connectivity index (χ0) is 8.24. The summed E-state index contributed by atoms with van der Waals surface area (Å²) in [6.45, 7) is 7.70. The van der Waals surface area contributed by atoms with Gasteiger partial charge in [0.1, 0.15) is 0 Å². The Morgan fingerprint density at radius 2 is 1.80 bits per heavy atom. The summed E-state index contributed by atoms with van der Waals surface area (Å²) in [4.78, 5) is 0. The first-order valence-electron chi connectivity index (χ1n) is 3.63. The normalized spacial score (nSPS) is 9.20. The molecule has 0 saturated carbocycles. The van der Waals surface area contributed by atoms with E-state index in [1.54, 1.807) is 12.2 Å². The first-order chi connectivity index (χ1) is 4.83. The van der Waals surface area contributed by atoms with Crippen molar-refractivity contribution in [3.63, 3.8) is 0 Å². The lowest BCUT2D eigenvalue weighted by Crippen LogP contribution is -1.84. The van der Waals surface area contributed by atoms with Gasteiger partial charge >= 0.3 is 0 Å². The van der Waals surface area contributed by atoms with Gasteiger partial charge in [-0.05, 0) is 20.8 Å². The lowest BCUT2D eigenvalue weighted by molar-refractivity contribution is 0.162. The van der Waals surface area contributed by atoms with Crippen LogP contribution in [0.3, 0.4) is 0 Å². The van der Waals surface area contributed by atoms with Crippen LogP contribution < -0.4 is 0 Å². The van der Waals surface area contributed by atoms with Gasteiger partial charge in [0.2, 0.25) is 0 Å². The van der Waals surface area contributed by atoms with Crippen LogP contribution in [0.25, 0.3) is 0 Å². The van der Waals surface area contributed by atoms with Crippen molar-refractivity contribution in [2.24, 2.45) is 0 Å². The largest absolute Gasteiger partial charge is 0.392 e. The molecule has 10 heavy (non-hydrogen) atoms. The molecule has 0 bridgehead atoms. The van der Waals surface area contributed by atoms with Crippen LogP contribution in [0.5, 0.6) is 0 Å². The summed E-state index contributed by atoms with van der Waals surface area (Å²) in [6, 6.07) is 0. The topological polar surface area (TPSA) is 29.5 Å². The van der Waals surface area contributed by atoms with Gasteiger partial charge in [-0.15, -0.1) is 0 Å². The molecular weight excluding hydrogens is 128 g/mol. The Morgan fingerprint density at radius 3 is 1.80 bits per heavy atom. The molecule has 62 valence electrons. The minimum absolute atomic E-state index is 0.163. The van der Waals surface area contributed by atoms with Crippen LogP contribution in [-0.4, -0.2) is 24.9 Å². The van der Waals surface area contributed by atoms with Gasteiger partial charge in [0.15, 0.2) is 0 Å². The fourth-order valence-corrected chi connectivity index (χ4v) is 0.310. The molecule has 2 heteroatoms. The van der Waals surface area contributed by atoms with Crippen LogP contribution >= 0.6 is 0 Å². The summed E-state index contributed by atoms with van der Waals surface area (Å²) in [5.41, 5.74) is 0. The van der Waals surface area contributed by atoms with E-state index in [9.17, 15) is 0 Å². The van der Waals surface area contributed by atoms with Gasteiger partial charge in [-0.25, -0.2) is 0 Å². The van der Waals surface area contributed by atoms with Crippen molar-refractivity contribution in [1.82, 2.24) is 0 Å². The third kappa shape index (κ3) is 25.4. The van der Waals surface area contributed by atoms with E-state index in [4.69, 9.17) is 9.84 Å². The average molecular weight is 146 g/mol. The predicted octanol–water partition coefficient (Wildman–Crippen LogP) is 1.60. The number of rotatable bonds is 3. The summed E-state index contributed by atoms with van der Waals surface area (Å²) in [6.07, 6.45) is 3.49. The molecule has 0 aromatic carbocycles. The maximum atomic E-state index is 7.98. The van der Waals surface area contributed by atoms with Gasteiger partial charge < -0.3 is 9.84 Å². The summed E-state index contributed by atoms with van der Waals surface area (Å²) in [5, 5.41) is 7.98. The third-order valence-electron chi connectivity index (χ3n) is 0.749. The van der Waals surface area contributed by atoms with Crippen LogP contribution in [0, 0.1) is 0 Å². The first-order valence-corrected chi connectivity index (χ1v) is 3.63. The summed E-state index contributed by atoms with van der Waals surface area (Å²) in [5.74, 6) is 0. The van der Waals surface area contributed by atoms with Gasteiger partial charge in [0, 0.05) is 13.2 Å². The van der Waals surface area contributed by atoms with Gasteiger partial charge in [0.25, 0.3) is 0 Å². The van der Waals surface area contributed by atoms with Crippen LogP contribution in [0.15, 0.2) is 12.2 Å². The van der Waals surface area contributed by atoms with E-state index in [1.165, 1.54) is 0 Å². The van der Waals surface area contributed by atoms with Crippen molar-refractivity contribution in [3.05, 3.63) is 12.2 Å². The van der Waals surface area contributed by atoms with Gasteiger partial charge in [0.05, 0.1) is 6.61 Å². The number of allylic oxidation sites excluding steroid dienone is 1. The standard InChI is InChI=1S/C4H10O.C4H8O/c1-3-5-4-2;1-2-3-4-5/h3-4H2,1-2H3;2-3,5H,4H2,1H3/b;3-2+. The summed E-state index contributed by atoms with van der Waals surface area (Å²) >= 11 is 0. The zero-order valence-electron chi connectivity index (χ0n) is 7.13. The highest BCUT2D eigenvalue weighted by Gasteiger charge is 1.64. The van der Waals surface area contributed by atoms with Crippen molar-refractivity contribution in [2.45, 2.75) is 20.8 Å².